The fourth-order valence-electron chi connectivity index (χ4n) is 1.90. The highest BCUT2D eigenvalue weighted by Crippen LogP contribution is 2.20. The van der Waals surface area contributed by atoms with Gasteiger partial charge in [-0.15, -0.1) is 0 Å². The molecule has 1 heterocycles. The van der Waals surface area contributed by atoms with E-state index in [1.54, 1.807) is 30.5 Å². The zero-order chi connectivity index (χ0) is 16.8. The van der Waals surface area contributed by atoms with Crippen LogP contribution in [0.2, 0.25) is 0 Å². The van der Waals surface area contributed by atoms with Crippen molar-refractivity contribution < 1.29 is 9.59 Å². The molecule has 6 heteroatoms. The van der Waals surface area contributed by atoms with Gasteiger partial charge in [-0.2, -0.15) is 0 Å². The van der Waals surface area contributed by atoms with Crippen molar-refractivity contribution in [2.75, 3.05) is 11.9 Å². The number of carbonyl (C=O) groups is 2. The van der Waals surface area contributed by atoms with Crippen LogP contribution in [0.3, 0.4) is 0 Å². The van der Waals surface area contributed by atoms with E-state index < -0.39 is 0 Å². The van der Waals surface area contributed by atoms with Gasteiger partial charge in [0.15, 0.2) is 0 Å². The second-order valence-electron chi connectivity index (χ2n) is 5.49. The fraction of sp³-hybridized carbons (Fsp3) is 0.235. The standard InChI is InChI=1S/C17H18IN3O2/c1-11(2)9-20-17(23)14-8-13(18)5-6-15(14)21-16(22)12-4-3-7-19-10-12/h3-8,10-11H,9H2,1-2H3,(H,20,23)(H,21,22). The molecule has 1 aromatic heterocycles. The molecule has 0 bridgehead atoms. The zero-order valence-corrected chi connectivity index (χ0v) is 15.1. The average Bonchev–Trinajstić information content (AvgIpc) is 2.55. The Morgan fingerprint density at radius 3 is 2.65 bits per heavy atom. The third kappa shape index (κ3) is 5.02. The highest BCUT2D eigenvalue weighted by atomic mass is 127. The van der Waals surface area contributed by atoms with Crippen LogP contribution in [0, 0.1) is 9.49 Å². The molecule has 0 spiro atoms. The third-order valence-electron chi connectivity index (χ3n) is 3.07. The lowest BCUT2D eigenvalue weighted by Crippen LogP contribution is -2.28. The van der Waals surface area contributed by atoms with Crippen molar-refractivity contribution in [1.29, 1.82) is 0 Å². The summed E-state index contributed by atoms with van der Waals surface area (Å²) in [5.74, 6) is -0.133. The van der Waals surface area contributed by atoms with Crippen LogP contribution in [0.15, 0.2) is 42.7 Å². The topological polar surface area (TPSA) is 71.1 Å². The largest absolute Gasteiger partial charge is 0.352 e. The molecule has 2 rings (SSSR count). The van der Waals surface area contributed by atoms with Gasteiger partial charge in [0.1, 0.15) is 0 Å². The molecular formula is C17H18IN3O2. The van der Waals surface area contributed by atoms with E-state index in [1.807, 2.05) is 19.9 Å². The summed E-state index contributed by atoms with van der Waals surface area (Å²) < 4.78 is 0.927. The molecule has 2 amide bonds. The number of nitrogens with one attached hydrogen (secondary N) is 2. The first-order chi connectivity index (χ1) is 11.0. The summed E-state index contributed by atoms with van der Waals surface area (Å²) in [6, 6.07) is 8.71. The molecule has 2 N–H and O–H groups in total. The molecule has 0 aliphatic carbocycles. The van der Waals surface area contributed by atoms with Gasteiger partial charge in [0.2, 0.25) is 0 Å². The van der Waals surface area contributed by atoms with Crippen molar-refractivity contribution in [3.8, 4) is 0 Å². The molecule has 0 unspecified atom stereocenters. The van der Waals surface area contributed by atoms with Crippen LogP contribution in [-0.4, -0.2) is 23.3 Å². The smallest absolute Gasteiger partial charge is 0.257 e. The number of nitrogens with zero attached hydrogens (tertiary/aromatic N) is 1. The monoisotopic (exact) mass is 423 g/mol. The molecule has 120 valence electrons. The Labute approximate surface area is 149 Å². The Bertz CT molecular complexity index is 702. The van der Waals surface area contributed by atoms with Gasteiger partial charge in [0.05, 0.1) is 16.8 Å². The molecule has 0 radical (unpaired) electrons. The number of anilines is 1. The van der Waals surface area contributed by atoms with E-state index in [1.165, 1.54) is 6.20 Å². The first-order valence-corrected chi connectivity index (χ1v) is 8.34. The summed E-state index contributed by atoms with van der Waals surface area (Å²) in [5.41, 5.74) is 1.38. The number of aromatic nitrogens is 1. The number of carbonyl (C=O) groups excluding carboxylic acids is 2. The number of rotatable bonds is 5. The molecule has 0 saturated carbocycles. The minimum atomic E-state index is -0.294. The van der Waals surface area contributed by atoms with Crippen molar-refractivity contribution in [2.24, 2.45) is 5.92 Å². The number of pyridine rings is 1. The van der Waals surface area contributed by atoms with E-state index >= 15 is 0 Å². The minimum Gasteiger partial charge on any atom is -0.352 e. The quantitative estimate of drug-likeness (QED) is 0.725. The summed E-state index contributed by atoms with van der Waals surface area (Å²) in [5, 5.41) is 5.65. The van der Waals surface area contributed by atoms with E-state index in [4.69, 9.17) is 0 Å². The molecule has 2 aromatic rings. The Kier molecular flexibility index (Phi) is 6.09. The van der Waals surface area contributed by atoms with E-state index in [0.29, 0.717) is 29.3 Å². The Morgan fingerprint density at radius 1 is 1.22 bits per heavy atom. The summed E-state index contributed by atoms with van der Waals surface area (Å²) in [6.45, 7) is 4.64. The number of benzene rings is 1. The fourth-order valence-corrected chi connectivity index (χ4v) is 2.39. The summed E-state index contributed by atoms with van der Waals surface area (Å²) in [4.78, 5) is 28.5. The summed E-state index contributed by atoms with van der Waals surface area (Å²) >= 11 is 2.14. The van der Waals surface area contributed by atoms with Crippen molar-refractivity contribution in [3.63, 3.8) is 0 Å². The Balaban J connectivity index is 2.21. The predicted octanol–water partition coefficient (Wildman–Crippen LogP) is 3.32. The van der Waals surface area contributed by atoms with E-state index in [9.17, 15) is 9.59 Å². The van der Waals surface area contributed by atoms with Crippen molar-refractivity contribution >= 4 is 40.1 Å². The Morgan fingerprint density at radius 2 is 2.00 bits per heavy atom. The molecule has 0 saturated heterocycles. The van der Waals surface area contributed by atoms with Crippen molar-refractivity contribution in [2.45, 2.75) is 13.8 Å². The minimum absolute atomic E-state index is 0.196. The van der Waals surface area contributed by atoms with Crippen molar-refractivity contribution in [1.82, 2.24) is 10.3 Å². The zero-order valence-electron chi connectivity index (χ0n) is 13.0. The second kappa shape index (κ2) is 8.05. The van der Waals surface area contributed by atoms with Gasteiger partial charge in [-0.1, -0.05) is 13.8 Å². The highest BCUT2D eigenvalue weighted by Gasteiger charge is 2.15. The molecule has 1 aromatic carbocycles. The summed E-state index contributed by atoms with van der Waals surface area (Å²) in [7, 11) is 0. The number of hydrogen-bond acceptors (Lipinski definition) is 3. The molecule has 0 atom stereocenters. The molecule has 0 aliphatic heterocycles. The van der Waals surface area contributed by atoms with Gasteiger partial charge in [-0.05, 0) is 58.8 Å². The molecule has 23 heavy (non-hydrogen) atoms. The van der Waals surface area contributed by atoms with E-state index in [-0.39, 0.29) is 11.8 Å². The maximum Gasteiger partial charge on any atom is 0.257 e. The molecule has 0 aliphatic rings. The first-order valence-electron chi connectivity index (χ1n) is 7.26. The molecule has 0 fully saturated rings. The van der Waals surface area contributed by atoms with Crippen LogP contribution in [0.25, 0.3) is 0 Å². The lowest BCUT2D eigenvalue weighted by atomic mass is 10.1. The Hall–Kier alpha value is -1.96. The maximum absolute atomic E-state index is 12.4. The van der Waals surface area contributed by atoms with Gasteiger partial charge in [-0.3, -0.25) is 14.6 Å². The predicted molar refractivity (Wildman–Crippen MR) is 98.5 cm³/mol. The number of amides is 2. The van der Waals surface area contributed by atoms with Gasteiger partial charge >= 0.3 is 0 Å². The van der Waals surface area contributed by atoms with Crippen LogP contribution in [0.1, 0.15) is 34.6 Å². The van der Waals surface area contributed by atoms with Gasteiger partial charge in [-0.25, -0.2) is 0 Å². The van der Waals surface area contributed by atoms with Gasteiger partial charge in [0.25, 0.3) is 11.8 Å². The number of hydrogen-bond donors (Lipinski definition) is 2. The second-order valence-corrected chi connectivity index (χ2v) is 6.74. The average molecular weight is 423 g/mol. The SMILES string of the molecule is CC(C)CNC(=O)c1cc(I)ccc1NC(=O)c1cccnc1. The normalized spacial score (nSPS) is 10.4. The van der Waals surface area contributed by atoms with E-state index in [0.717, 1.165) is 3.57 Å². The van der Waals surface area contributed by atoms with Crippen LogP contribution in [-0.2, 0) is 0 Å². The van der Waals surface area contributed by atoms with Crippen molar-refractivity contribution in [3.05, 3.63) is 57.4 Å². The summed E-state index contributed by atoms with van der Waals surface area (Å²) in [6.07, 6.45) is 3.09. The van der Waals surface area contributed by atoms with Gasteiger partial charge in [0, 0.05) is 22.5 Å². The number of halogens is 1. The van der Waals surface area contributed by atoms with Crippen LogP contribution in [0.5, 0.6) is 0 Å². The first kappa shape index (κ1) is 17.4. The molecule has 5 nitrogen and oxygen atoms in total. The van der Waals surface area contributed by atoms with E-state index in [2.05, 4.69) is 38.2 Å². The highest BCUT2D eigenvalue weighted by molar-refractivity contribution is 14.1. The van der Waals surface area contributed by atoms with Gasteiger partial charge < -0.3 is 10.6 Å². The van der Waals surface area contributed by atoms with Crippen LogP contribution in [0.4, 0.5) is 5.69 Å². The lowest BCUT2D eigenvalue weighted by molar-refractivity contribution is 0.0950. The van der Waals surface area contributed by atoms with Crippen LogP contribution >= 0.6 is 22.6 Å². The third-order valence-corrected chi connectivity index (χ3v) is 3.74. The lowest BCUT2D eigenvalue weighted by Gasteiger charge is -2.13. The van der Waals surface area contributed by atoms with Crippen LogP contribution < -0.4 is 10.6 Å². The maximum atomic E-state index is 12.4. The molecular weight excluding hydrogens is 405 g/mol.